The molecule has 1 fully saturated rings. The van der Waals surface area contributed by atoms with Gasteiger partial charge in [0.1, 0.15) is 11.4 Å². The maximum Gasteiger partial charge on any atom is 0.170 e. The van der Waals surface area contributed by atoms with Gasteiger partial charge in [-0.25, -0.2) is 0 Å². The van der Waals surface area contributed by atoms with Crippen LogP contribution in [0.1, 0.15) is 23.2 Å². The number of rotatable bonds is 0. The van der Waals surface area contributed by atoms with E-state index in [1.807, 2.05) is 0 Å². The number of ether oxygens (including phenoxy) is 1. The Morgan fingerprint density at radius 1 is 1.44 bits per heavy atom. The van der Waals surface area contributed by atoms with Crippen LogP contribution in [0.3, 0.4) is 0 Å². The van der Waals surface area contributed by atoms with Crippen molar-refractivity contribution in [3.63, 3.8) is 0 Å². The molecule has 0 bridgehead atoms. The molecule has 1 aromatic carbocycles. The van der Waals surface area contributed by atoms with E-state index in [1.54, 1.807) is 18.2 Å². The normalized spacial score (nSPS) is 27.9. The van der Waals surface area contributed by atoms with E-state index >= 15 is 0 Å². The molecular weight excluding hydrogens is 226 g/mol. The second-order valence-electron chi connectivity index (χ2n) is 4.45. The first-order valence-electron chi connectivity index (χ1n) is 5.41. The predicted molar refractivity (Wildman–Crippen MR) is 61.2 cm³/mol. The molecule has 1 saturated heterocycles. The Morgan fingerprint density at radius 2 is 2.31 bits per heavy atom. The smallest absolute Gasteiger partial charge is 0.170 e. The van der Waals surface area contributed by atoms with Crippen molar-refractivity contribution < 1.29 is 9.53 Å². The van der Waals surface area contributed by atoms with Crippen molar-refractivity contribution in [1.29, 1.82) is 0 Å². The summed E-state index contributed by atoms with van der Waals surface area (Å²) >= 11 is 5.91. The van der Waals surface area contributed by atoms with E-state index in [9.17, 15) is 4.79 Å². The van der Waals surface area contributed by atoms with E-state index in [2.05, 4.69) is 5.32 Å². The third-order valence-electron chi connectivity index (χ3n) is 3.26. The average Bonchev–Trinajstić information content (AvgIpc) is 2.65. The van der Waals surface area contributed by atoms with E-state index < -0.39 is 0 Å². The minimum Gasteiger partial charge on any atom is -0.485 e. The highest BCUT2D eigenvalue weighted by Gasteiger charge is 2.42. The monoisotopic (exact) mass is 237 g/mol. The van der Waals surface area contributed by atoms with Gasteiger partial charge < -0.3 is 10.1 Å². The zero-order valence-corrected chi connectivity index (χ0v) is 9.51. The fourth-order valence-corrected chi connectivity index (χ4v) is 2.59. The zero-order chi connectivity index (χ0) is 11.2. The third kappa shape index (κ3) is 1.51. The average molecular weight is 238 g/mol. The molecule has 0 amide bonds. The number of hydrogen-bond donors (Lipinski definition) is 1. The zero-order valence-electron chi connectivity index (χ0n) is 8.75. The number of fused-ring (bicyclic) bond motifs is 1. The molecule has 1 atom stereocenters. The largest absolute Gasteiger partial charge is 0.485 e. The molecule has 3 rings (SSSR count). The van der Waals surface area contributed by atoms with Gasteiger partial charge in [-0.1, -0.05) is 11.6 Å². The van der Waals surface area contributed by atoms with E-state index in [0.29, 0.717) is 22.8 Å². The number of nitrogens with one attached hydrogen (secondary N) is 1. The topological polar surface area (TPSA) is 38.3 Å². The van der Waals surface area contributed by atoms with Crippen LogP contribution in [0, 0.1) is 0 Å². The highest BCUT2D eigenvalue weighted by Crippen LogP contribution is 2.37. The molecule has 16 heavy (non-hydrogen) atoms. The lowest BCUT2D eigenvalue weighted by molar-refractivity contribution is 0.0529. The molecule has 4 heteroatoms. The lowest BCUT2D eigenvalue weighted by Gasteiger charge is -2.34. The Balaban J connectivity index is 2.03. The number of carbonyl (C=O) groups excluding carboxylic acids is 1. The Bertz CT molecular complexity index is 452. The summed E-state index contributed by atoms with van der Waals surface area (Å²) in [7, 11) is 0. The number of hydrogen-bond acceptors (Lipinski definition) is 3. The van der Waals surface area contributed by atoms with Crippen molar-refractivity contribution in [3.8, 4) is 5.75 Å². The number of carbonyl (C=O) groups is 1. The number of ketones is 1. The molecule has 2 aliphatic heterocycles. The molecule has 1 unspecified atom stereocenters. The maximum atomic E-state index is 12.0. The van der Waals surface area contributed by atoms with Gasteiger partial charge in [-0.2, -0.15) is 0 Å². The summed E-state index contributed by atoms with van der Waals surface area (Å²) in [6.07, 6.45) is 1.35. The molecule has 0 aromatic heterocycles. The standard InChI is InChI=1S/C12H12ClNO2/c13-8-1-2-9-10(15)6-12(3-4-14-7-12)16-11(9)5-8/h1-2,5,14H,3-4,6-7H2. The van der Waals surface area contributed by atoms with Gasteiger partial charge in [-0.3, -0.25) is 4.79 Å². The van der Waals surface area contributed by atoms with Gasteiger partial charge in [0.2, 0.25) is 0 Å². The molecule has 84 valence electrons. The number of Topliss-reactive ketones (excluding diaryl/α,β-unsaturated/α-hetero) is 1. The van der Waals surface area contributed by atoms with Gasteiger partial charge in [0.15, 0.2) is 5.78 Å². The summed E-state index contributed by atoms with van der Waals surface area (Å²) in [5.41, 5.74) is 0.316. The molecule has 1 aromatic rings. The summed E-state index contributed by atoms with van der Waals surface area (Å²) < 4.78 is 5.96. The Labute approximate surface area is 98.7 Å². The van der Waals surface area contributed by atoms with E-state index in [1.165, 1.54) is 0 Å². The van der Waals surface area contributed by atoms with Crippen LogP contribution < -0.4 is 10.1 Å². The summed E-state index contributed by atoms with van der Waals surface area (Å²) in [6, 6.07) is 5.20. The lowest BCUT2D eigenvalue weighted by atomic mass is 9.89. The van der Waals surface area contributed by atoms with Crippen LogP contribution in [-0.2, 0) is 0 Å². The quantitative estimate of drug-likeness (QED) is 0.751. The van der Waals surface area contributed by atoms with Crippen LogP contribution >= 0.6 is 11.6 Å². The summed E-state index contributed by atoms with van der Waals surface area (Å²) in [6.45, 7) is 1.65. The second-order valence-corrected chi connectivity index (χ2v) is 4.89. The first-order chi connectivity index (χ1) is 7.69. The maximum absolute atomic E-state index is 12.0. The lowest BCUT2D eigenvalue weighted by Crippen LogP contribution is -2.43. The van der Waals surface area contributed by atoms with E-state index in [0.717, 1.165) is 19.5 Å². The molecule has 1 spiro atoms. The van der Waals surface area contributed by atoms with Gasteiger partial charge in [0.25, 0.3) is 0 Å². The Hall–Kier alpha value is -1.06. The van der Waals surface area contributed by atoms with Crippen LogP contribution in [0.4, 0.5) is 0 Å². The van der Waals surface area contributed by atoms with Gasteiger partial charge in [-0.05, 0) is 24.7 Å². The summed E-state index contributed by atoms with van der Waals surface area (Å²) in [4.78, 5) is 12.0. The number of benzene rings is 1. The molecule has 2 heterocycles. The summed E-state index contributed by atoms with van der Waals surface area (Å²) in [5.74, 6) is 0.786. The Morgan fingerprint density at radius 3 is 3.06 bits per heavy atom. The van der Waals surface area contributed by atoms with Crippen LogP contribution in [0.25, 0.3) is 0 Å². The van der Waals surface area contributed by atoms with Gasteiger partial charge >= 0.3 is 0 Å². The highest BCUT2D eigenvalue weighted by atomic mass is 35.5. The van der Waals surface area contributed by atoms with E-state index in [4.69, 9.17) is 16.3 Å². The molecule has 1 N–H and O–H groups in total. The van der Waals surface area contributed by atoms with Crippen molar-refractivity contribution in [2.24, 2.45) is 0 Å². The van der Waals surface area contributed by atoms with Crippen molar-refractivity contribution in [2.75, 3.05) is 13.1 Å². The fraction of sp³-hybridized carbons (Fsp3) is 0.417. The summed E-state index contributed by atoms with van der Waals surface area (Å²) in [5, 5.41) is 3.84. The molecule has 2 aliphatic rings. The number of halogens is 1. The van der Waals surface area contributed by atoms with Crippen LogP contribution in [0.2, 0.25) is 5.02 Å². The SMILES string of the molecule is O=C1CC2(CCNC2)Oc2cc(Cl)ccc21. The van der Waals surface area contributed by atoms with Crippen molar-refractivity contribution >= 4 is 17.4 Å². The highest BCUT2D eigenvalue weighted by molar-refractivity contribution is 6.30. The van der Waals surface area contributed by atoms with Crippen LogP contribution in [0.5, 0.6) is 5.75 Å². The first kappa shape index (κ1) is 10.1. The fourth-order valence-electron chi connectivity index (χ4n) is 2.43. The second kappa shape index (κ2) is 3.47. The van der Waals surface area contributed by atoms with Crippen molar-refractivity contribution in [3.05, 3.63) is 28.8 Å². The third-order valence-corrected chi connectivity index (χ3v) is 3.49. The minimum absolute atomic E-state index is 0.154. The predicted octanol–water partition coefficient (Wildman–Crippen LogP) is 2.04. The van der Waals surface area contributed by atoms with Crippen LogP contribution in [-0.4, -0.2) is 24.5 Å². The molecule has 0 saturated carbocycles. The van der Waals surface area contributed by atoms with Gasteiger partial charge in [0.05, 0.1) is 12.0 Å². The van der Waals surface area contributed by atoms with Crippen molar-refractivity contribution in [1.82, 2.24) is 5.32 Å². The first-order valence-corrected chi connectivity index (χ1v) is 5.79. The van der Waals surface area contributed by atoms with Gasteiger partial charge in [0, 0.05) is 18.0 Å². The minimum atomic E-state index is -0.339. The van der Waals surface area contributed by atoms with Crippen molar-refractivity contribution in [2.45, 2.75) is 18.4 Å². The molecular formula is C12H12ClNO2. The molecule has 0 radical (unpaired) electrons. The van der Waals surface area contributed by atoms with Gasteiger partial charge in [-0.15, -0.1) is 0 Å². The Kier molecular flexibility index (Phi) is 2.19. The molecule has 0 aliphatic carbocycles. The van der Waals surface area contributed by atoms with Crippen LogP contribution in [0.15, 0.2) is 18.2 Å². The molecule has 3 nitrogen and oxygen atoms in total. The van der Waals surface area contributed by atoms with E-state index in [-0.39, 0.29) is 11.4 Å².